The van der Waals surface area contributed by atoms with E-state index in [4.69, 9.17) is 25.7 Å². The van der Waals surface area contributed by atoms with Crippen LogP contribution in [0.3, 0.4) is 0 Å². The standard InChI is InChI=1S/C37H54N10O13/c1-5-26-36(57)47(4)28(10-7-13-40-37(38)39)35(56)42-17-31(52)45-27(34(55)41-16-23-8-6-9-24(14-23)33(54)46-26)15-30(51)44-20-43-29(50)11-12-32(53)59-19-25(60-22(3)49)18-58-21(2)48/h6,8-9,14,25-28H,5,7,10-13,15-20H2,1-4H3,(H,41,55)(H,42,56)(H,43,50)(H,44,51)(H,45,52)(H,46,54)(H4,38,39,40). The molecule has 1 aromatic rings. The molecule has 1 aliphatic rings. The van der Waals surface area contributed by atoms with Gasteiger partial charge in [0.15, 0.2) is 12.1 Å². The van der Waals surface area contributed by atoms with Crippen molar-refractivity contribution in [2.75, 3.05) is 40.0 Å². The fraction of sp³-hybridized carbons (Fsp3) is 0.541. The molecule has 10 N–H and O–H groups in total. The molecule has 1 heterocycles. The molecule has 0 radical (unpaired) electrons. The molecule has 0 saturated heterocycles. The number of carbonyl (C=O) groups is 10. The summed E-state index contributed by atoms with van der Waals surface area (Å²) in [4.78, 5) is 131. The Bertz CT molecular complexity index is 1770. The van der Waals surface area contributed by atoms with Crippen LogP contribution >= 0.6 is 0 Å². The highest BCUT2D eigenvalue weighted by molar-refractivity contribution is 5.99. The second-order valence-electron chi connectivity index (χ2n) is 13.4. The van der Waals surface area contributed by atoms with E-state index in [9.17, 15) is 47.9 Å². The maximum atomic E-state index is 13.6. The summed E-state index contributed by atoms with van der Waals surface area (Å²) in [5.74, 6) is -7.27. The van der Waals surface area contributed by atoms with Crippen molar-refractivity contribution < 1.29 is 62.2 Å². The number of fused-ring (bicyclic) bond motifs is 2. The number of guanidine groups is 1. The summed E-state index contributed by atoms with van der Waals surface area (Å²) in [6, 6.07) is 2.58. The minimum atomic E-state index is -1.48. The Kier molecular flexibility index (Phi) is 21.0. The summed E-state index contributed by atoms with van der Waals surface area (Å²) in [6.45, 7) is 2.12. The van der Waals surface area contributed by atoms with Crippen molar-refractivity contribution in [2.45, 2.75) is 90.1 Å². The number of nitrogens with zero attached hydrogens (tertiary/aromatic N) is 2. The van der Waals surface area contributed by atoms with Crippen LogP contribution in [0.15, 0.2) is 29.3 Å². The lowest BCUT2D eigenvalue weighted by atomic mass is 10.1. The normalized spacial score (nSPS) is 18.1. The lowest BCUT2D eigenvalue weighted by Gasteiger charge is -2.30. The SMILES string of the molecule is CCC1NC(=O)c2cccc(c2)CNC(=O)C(CC(=O)NCNC(=O)CCC(=O)OCC(COC(C)=O)OC(C)=O)NC(=O)CNC(=O)C(CCCN=C(N)N)N(C)C1=O. The van der Waals surface area contributed by atoms with Crippen LogP contribution in [0.25, 0.3) is 0 Å². The van der Waals surface area contributed by atoms with E-state index in [2.05, 4.69) is 36.9 Å². The average molecular weight is 847 g/mol. The van der Waals surface area contributed by atoms with Gasteiger partial charge in [0.1, 0.15) is 31.3 Å². The highest BCUT2D eigenvalue weighted by atomic mass is 16.6. The highest BCUT2D eigenvalue weighted by Gasteiger charge is 2.32. The van der Waals surface area contributed by atoms with Gasteiger partial charge in [-0.1, -0.05) is 19.1 Å². The Morgan fingerprint density at radius 1 is 0.883 bits per heavy atom. The minimum Gasteiger partial charge on any atom is -0.462 e. The molecule has 4 unspecified atom stereocenters. The Morgan fingerprint density at radius 2 is 1.57 bits per heavy atom. The van der Waals surface area contributed by atoms with Gasteiger partial charge >= 0.3 is 17.9 Å². The zero-order valence-electron chi connectivity index (χ0n) is 34.0. The van der Waals surface area contributed by atoms with E-state index in [1.165, 1.54) is 24.1 Å². The van der Waals surface area contributed by atoms with Crippen molar-refractivity contribution in [3.05, 3.63) is 35.4 Å². The van der Waals surface area contributed by atoms with Gasteiger partial charge in [0.25, 0.3) is 5.91 Å². The van der Waals surface area contributed by atoms with Crippen molar-refractivity contribution in [2.24, 2.45) is 16.5 Å². The van der Waals surface area contributed by atoms with Crippen LogP contribution in [0, 0.1) is 0 Å². The number of benzene rings is 1. The molecule has 7 amide bonds. The number of hydrogen-bond donors (Lipinski definition) is 8. The van der Waals surface area contributed by atoms with E-state index < -0.39 is 110 Å². The lowest BCUT2D eigenvalue weighted by molar-refractivity contribution is -0.164. The number of nitrogens with two attached hydrogens (primary N) is 2. The fourth-order valence-electron chi connectivity index (χ4n) is 5.47. The second kappa shape index (κ2) is 25.5. The third-order valence-electron chi connectivity index (χ3n) is 8.54. The summed E-state index contributed by atoms with van der Waals surface area (Å²) in [6.07, 6.45) is -1.88. The summed E-state index contributed by atoms with van der Waals surface area (Å²) < 4.78 is 14.7. The van der Waals surface area contributed by atoms with E-state index in [1.807, 2.05) is 0 Å². The minimum absolute atomic E-state index is 0.0712. The van der Waals surface area contributed by atoms with Crippen LogP contribution < -0.4 is 43.4 Å². The van der Waals surface area contributed by atoms with Crippen LogP contribution in [-0.2, 0) is 63.9 Å². The Morgan fingerprint density at radius 3 is 2.23 bits per heavy atom. The fourth-order valence-corrected chi connectivity index (χ4v) is 5.47. The number of esters is 3. The molecule has 60 heavy (non-hydrogen) atoms. The summed E-state index contributed by atoms with van der Waals surface area (Å²) in [5, 5.41) is 14.9. The molecule has 4 atom stereocenters. The number of hydrogen-bond acceptors (Lipinski definition) is 14. The first-order valence-electron chi connectivity index (χ1n) is 19.0. The first-order valence-corrected chi connectivity index (χ1v) is 19.0. The smallest absolute Gasteiger partial charge is 0.306 e. The molecule has 330 valence electrons. The molecule has 1 aromatic carbocycles. The maximum Gasteiger partial charge on any atom is 0.306 e. The van der Waals surface area contributed by atoms with Gasteiger partial charge in [-0.3, -0.25) is 52.9 Å². The van der Waals surface area contributed by atoms with Gasteiger partial charge in [0.2, 0.25) is 35.4 Å². The first-order chi connectivity index (χ1) is 28.4. The maximum absolute atomic E-state index is 13.6. The van der Waals surface area contributed by atoms with E-state index in [-0.39, 0.29) is 63.3 Å². The van der Waals surface area contributed by atoms with Crippen molar-refractivity contribution in [1.82, 2.24) is 36.8 Å². The van der Waals surface area contributed by atoms with Crippen LogP contribution in [0.2, 0.25) is 0 Å². The van der Waals surface area contributed by atoms with Crippen LogP contribution in [0.5, 0.6) is 0 Å². The third-order valence-corrected chi connectivity index (χ3v) is 8.54. The summed E-state index contributed by atoms with van der Waals surface area (Å²) in [7, 11) is 1.39. The Balaban J connectivity index is 2.12. The monoisotopic (exact) mass is 846 g/mol. The zero-order chi connectivity index (χ0) is 44.8. The Hall–Kier alpha value is -6.81. The molecule has 0 fully saturated rings. The molecule has 0 spiro atoms. The highest BCUT2D eigenvalue weighted by Crippen LogP contribution is 2.12. The van der Waals surface area contributed by atoms with Crippen molar-refractivity contribution in [3.8, 4) is 0 Å². The predicted octanol–water partition coefficient (Wildman–Crippen LogP) is -3.30. The molecule has 23 heteroatoms. The van der Waals surface area contributed by atoms with E-state index >= 15 is 0 Å². The molecule has 0 aliphatic carbocycles. The molecule has 0 aromatic heterocycles. The number of aliphatic imine (C=N–C) groups is 1. The largest absolute Gasteiger partial charge is 0.462 e. The average Bonchev–Trinajstić information content (AvgIpc) is 3.19. The molecule has 1 aliphatic heterocycles. The molecule has 23 nitrogen and oxygen atoms in total. The van der Waals surface area contributed by atoms with Gasteiger partial charge in [0, 0.05) is 46.0 Å². The van der Waals surface area contributed by atoms with E-state index in [1.54, 1.807) is 19.1 Å². The second-order valence-corrected chi connectivity index (χ2v) is 13.4. The number of likely N-dealkylation sites (N-methyl/N-ethyl adjacent to an activating group) is 1. The molecule has 2 bridgehead atoms. The topological polar surface area (TPSA) is 338 Å². The van der Waals surface area contributed by atoms with Gasteiger partial charge in [0.05, 0.1) is 26.1 Å². The molecular formula is C37H54N10O13. The third kappa shape index (κ3) is 18.6. The number of nitrogens with one attached hydrogen (secondary N) is 6. The predicted molar refractivity (Wildman–Crippen MR) is 209 cm³/mol. The zero-order valence-corrected chi connectivity index (χ0v) is 34.0. The van der Waals surface area contributed by atoms with Gasteiger partial charge < -0.3 is 62.5 Å². The van der Waals surface area contributed by atoms with Crippen molar-refractivity contribution in [3.63, 3.8) is 0 Å². The first kappa shape index (κ1) is 49.3. The van der Waals surface area contributed by atoms with Crippen molar-refractivity contribution in [1.29, 1.82) is 0 Å². The van der Waals surface area contributed by atoms with Crippen LogP contribution in [-0.4, -0.2) is 134 Å². The molecule has 0 saturated carbocycles. The molecule has 2 rings (SSSR count). The quantitative estimate of drug-likeness (QED) is 0.0190. The van der Waals surface area contributed by atoms with Gasteiger partial charge in [-0.2, -0.15) is 0 Å². The number of rotatable bonds is 17. The lowest BCUT2D eigenvalue weighted by Crippen LogP contribution is -2.56. The van der Waals surface area contributed by atoms with Gasteiger partial charge in [-0.25, -0.2) is 0 Å². The van der Waals surface area contributed by atoms with Gasteiger partial charge in [-0.15, -0.1) is 0 Å². The van der Waals surface area contributed by atoms with E-state index in [0.29, 0.717) is 5.56 Å². The van der Waals surface area contributed by atoms with Crippen LogP contribution in [0.4, 0.5) is 0 Å². The number of carbonyl (C=O) groups excluding carboxylic acids is 10. The van der Waals surface area contributed by atoms with Gasteiger partial charge in [-0.05, 0) is 37.0 Å². The molecular weight excluding hydrogens is 792 g/mol. The van der Waals surface area contributed by atoms with Crippen LogP contribution in [0.1, 0.15) is 75.2 Å². The Labute approximate surface area is 345 Å². The number of ether oxygens (including phenoxy) is 3. The number of amides is 7. The van der Waals surface area contributed by atoms with Crippen molar-refractivity contribution >= 4 is 65.2 Å². The summed E-state index contributed by atoms with van der Waals surface area (Å²) in [5.41, 5.74) is 11.5. The summed E-state index contributed by atoms with van der Waals surface area (Å²) >= 11 is 0. The van der Waals surface area contributed by atoms with E-state index in [0.717, 1.165) is 13.8 Å².